The lowest BCUT2D eigenvalue weighted by Gasteiger charge is -2.25. The van der Waals surface area contributed by atoms with Crippen LogP contribution in [0.25, 0.3) is 0 Å². The second-order valence-electron chi connectivity index (χ2n) is 6.13. The van der Waals surface area contributed by atoms with Gasteiger partial charge in [0.25, 0.3) is 0 Å². The number of unbranched alkanes of at least 4 members (excludes halogenated alkanes) is 4. The first-order chi connectivity index (χ1) is 9.70. The molecule has 0 saturated carbocycles. The van der Waals surface area contributed by atoms with Crippen molar-refractivity contribution in [2.45, 2.75) is 78.1 Å². The van der Waals surface area contributed by atoms with Crippen LogP contribution in [0.5, 0.6) is 5.75 Å². The Balaban J connectivity index is 2.70. The second-order valence-corrected chi connectivity index (χ2v) is 6.13. The van der Waals surface area contributed by atoms with Crippen LogP contribution in [0.1, 0.15) is 83.6 Å². The van der Waals surface area contributed by atoms with Crippen LogP contribution in [0.3, 0.4) is 0 Å². The van der Waals surface area contributed by atoms with Gasteiger partial charge in [-0.05, 0) is 29.9 Å². The van der Waals surface area contributed by atoms with Crippen molar-refractivity contribution < 1.29 is 5.11 Å². The van der Waals surface area contributed by atoms with Crippen LogP contribution in [-0.2, 0) is 0 Å². The average Bonchev–Trinajstić information content (AvgIpc) is 2.46. The highest BCUT2D eigenvalue weighted by Gasteiger charge is 2.21. The molecule has 114 valence electrons. The molecule has 0 saturated heterocycles. The second kappa shape index (κ2) is 9.85. The Labute approximate surface area is 125 Å². The molecule has 0 aromatic heterocycles. The van der Waals surface area contributed by atoms with Gasteiger partial charge in [-0.2, -0.15) is 0 Å². The van der Waals surface area contributed by atoms with E-state index in [1.807, 2.05) is 12.1 Å². The molecule has 1 N–H and O–H groups in total. The summed E-state index contributed by atoms with van der Waals surface area (Å²) in [6.07, 6.45) is 10.2. The number of hydrogen-bond donors (Lipinski definition) is 1. The zero-order chi connectivity index (χ0) is 14.8. The molecule has 0 aliphatic carbocycles. The minimum absolute atomic E-state index is 0.483. The number of aromatic hydroxyl groups is 1. The molecule has 0 fully saturated rings. The third kappa shape index (κ3) is 5.56. The van der Waals surface area contributed by atoms with Crippen molar-refractivity contribution in [1.29, 1.82) is 0 Å². The van der Waals surface area contributed by atoms with E-state index in [1.54, 1.807) is 0 Å². The third-order valence-corrected chi connectivity index (χ3v) is 4.40. The van der Waals surface area contributed by atoms with Gasteiger partial charge in [0.2, 0.25) is 0 Å². The molecule has 0 amide bonds. The fraction of sp³-hybridized carbons (Fsp3) is 0.684. The number of para-hydroxylation sites is 1. The Morgan fingerprint density at radius 3 is 2.25 bits per heavy atom. The van der Waals surface area contributed by atoms with E-state index in [-0.39, 0.29) is 0 Å². The zero-order valence-electron chi connectivity index (χ0n) is 13.6. The Hall–Kier alpha value is -0.980. The Morgan fingerprint density at radius 1 is 0.900 bits per heavy atom. The lowest BCUT2D eigenvalue weighted by molar-refractivity contribution is 0.368. The predicted octanol–water partition coefficient (Wildman–Crippen LogP) is 6.27. The molecule has 0 spiro atoms. The van der Waals surface area contributed by atoms with Gasteiger partial charge in [-0.3, -0.25) is 0 Å². The average molecular weight is 276 g/mol. The summed E-state index contributed by atoms with van der Waals surface area (Å²) in [4.78, 5) is 0. The molecule has 0 aliphatic rings. The van der Waals surface area contributed by atoms with Crippen LogP contribution in [0.2, 0.25) is 0 Å². The summed E-state index contributed by atoms with van der Waals surface area (Å²) in [5, 5.41) is 10.2. The molecular formula is C19H32O. The lowest BCUT2D eigenvalue weighted by Crippen LogP contribution is -2.10. The molecule has 0 heterocycles. The summed E-state index contributed by atoms with van der Waals surface area (Å²) in [7, 11) is 0. The highest BCUT2D eigenvalue weighted by atomic mass is 16.3. The van der Waals surface area contributed by atoms with Crippen LogP contribution in [-0.4, -0.2) is 5.11 Å². The zero-order valence-corrected chi connectivity index (χ0v) is 13.6. The molecule has 2 atom stereocenters. The smallest absolute Gasteiger partial charge is 0.119 e. The van der Waals surface area contributed by atoms with E-state index < -0.39 is 0 Å². The molecule has 1 nitrogen and oxygen atoms in total. The van der Waals surface area contributed by atoms with Crippen molar-refractivity contribution in [3.05, 3.63) is 29.8 Å². The molecule has 2 unspecified atom stereocenters. The molecule has 0 bridgehead atoms. The molecular weight excluding hydrogens is 244 g/mol. The number of rotatable bonds is 10. The van der Waals surface area contributed by atoms with Crippen LogP contribution in [0, 0.1) is 5.92 Å². The van der Waals surface area contributed by atoms with Crippen LogP contribution >= 0.6 is 0 Å². The van der Waals surface area contributed by atoms with Gasteiger partial charge in [-0.25, -0.2) is 0 Å². The van der Waals surface area contributed by atoms with Gasteiger partial charge in [-0.15, -0.1) is 0 Å². The monoisotopic (exact) mass is 276 g/mol. The summed E-state index contributed by atoms with van der Waals surface area (Å²) < 4.78 is 0. The Morgan fingerprint density at radius 2 is 1.60 bits per heavy atom. The Bertz CT molecular complexity index is 359. The molecule has 0 radical (unpaired) electrons. The largest absolute Gasteiger partial charge is 0.508 e. The fourth-order valence-electron chi connectivity index (χ4n) is 3.07. The normalized spacial score (nSPS) is 14.2. The van der Waals surface area contributed by atoms with Gasteiger partial charge < -0.3 is 5.11 Å². The fourth-order valence-corrected chi connectivity index (χ4v) is 3.07. The maximum absolute atomic E-state index is 10.2. The first-order valence-corrected chi connectivity index (χ1v) is 8.48. The molecule has 20 heavy (non-hydrogen) atoms. The third-order valence-electron chi connectivity index (χ3n) is 4.40. The first-order valence-electron chi connectivity index (χ1n) is 8.48. The summed E-state index contributed by atoms with van der Waals surface area (Å²) in [6, 6.07) is 7.92. The summed E-state index contributed by atoms with van der Waals surface area (Å²) in [6.45, 7) is 6.86. The predicted molar refractivity (Wildman–Crippen MR) is 88.3 cm³/mol. The van der Waals surface area contributed by atoms with Crippen molar-refractivity contribution in [3.63, 3.8) is 0 Å². The topological polar surface area (TPSA) is 20.2 Å². The van der Waals surface area contributed by atoms with Gasteiger partial charge in [0, 0.05) is 0 Å². The van der Waals surface area contributed by atoms with Crippen molar-refractivity contribution in [2.75, 3.05) is 0 Å². The maximum atomic E-state index is 10.2. The van der Waals surface area contributed by atoms with E-state index in [4.69, 9.17) is 0 Å². The van der Waals surface area contributed by atoms with Crippen LogP contribution < -0.4 is 0 Å². The van der Waals surface area contributed by atoms with Gasteiger partial charge in [0.05, 0.1) is 0 Å². The minimum Gasteiger partial charge on any atom is -0.508 e. The van der Waals surface area contributed by atoms with E-state index in [0.717, 1.165) is 5.56 Å². The van der Waals surface area contributed by atoms with Gasteiger partial charge >= 0.3 is 0 Å². The van der Waals surface area contributed by atoms with E-state index >= 15 is 0 Å². The van der Waals surface area contributed by atoms with Crippen molar-refractivity contribution in [1.82, 2.24) is 0 Å². The van der Waals surface area contributed by atoms with Crippen molar-refractivity contribution in [2.24, 2.45) is 5.92 Å². The number of hydrogen-bond acceptors (Lipinski definition) is 1. The SMILES string of the molecule is CCCCCCC(c1ccccc1O)C(C)CCCC. The van der Waals surface area contributed by atoms with E-state index in [9.17, 15) is 5.11 Å². The van der Waals surface area contributed by atoms with E-state index in [1.165, 1.54) is 51.4 Å². The maximum Gasteiger partial charge on any atom is 0.119 e. The standard InChI is InChI=1S/C19H32O/c1-4-6-8-9-13-17(16(3)12-7-5-2)18-14-10-11-15-19(18)20/h10-11,14-17,20H,4-9,12-13H2,1-3H3. The number of benzene rings is 1. The van der Waals surface area contributed by atoms with Gasteiger partial charge in [-0.1, -0.05) is 83.9 Å². The van der Waals surface area contributed by atoms with Crippen LogP contribution in [0.4, 0.5) is 0 Å². The lowest BCUT2D eigenvalue weighted by atomic mass is 9.80. The van der Waals surface area contributed by atoms with E-state index in [0.29, 0.717) is 17.6 Å². The van der Waals surface area contributed by atoms with Crippen LogP contribution in [0.15, 0.2) is 24.3 Å². The highest BCUT2D eigenvalue weighted by Crippen LogP contribution is 2.37. The molecule has 1 heteroatoms. The number of phenolic OH excluding ortho intramolecular Hbond substituents is 1. The molecule has 1 aromatic rings. The van der Waals surface area contributed by atoms with Gasteiger partial charge in [0.15, 0.2) is 0 Å². The van der Waals surface area contributed by atoms with Crippen molar-refractivity contribution in [3.8, 4) is 5.75 Å². The van der Waals surface area contributed by atoms with E-state index in [2.05, 4.69) is 32.9 Å². The number of phenols is 1. The quantitative estimate of drug-likeness (QED) is 0.499. The molecule has 0 aliphatic heterocycles. The first kappa shape index (κ1) is 17.1. The summed E-state index contributed by atoms with van der Waals surface area (Å²) in [5.74, 6) is 1.65. The highest BCUT2D eigenvalue weighted by molar-refractivity contribution is 5.35. The molecule has 1 rings (SSSR count). The Kier molecular flexibility index (Phi) is 8.41. The minimum atomic E-state index is 0.483. The summed E-state index contributed by atoms with van der Waals surface area (Å²) >= 11 is 0. The molecule has 1 aromatic carbocycles. The summed E-state index contributed by atoms with van der Waals surface area (Å²) in [5.41, 5.74) is 1.16. The van der Waals surface area contributed by atoms with Crippen molar-refractivity contribution >= 4 is 0 Å². The van der Waals surface area contributed by atoms with Gasteiger partial charge in [0.1, 0.15) is 5.75 Å².